The second-order valence-corrected chi connectivity index (χ2v) is 6.65. The normalized spacial score (nSPS) is 36.9. The monoisotopic (exact) mass is 265 g/mol. The minimum atomic E-state index is -0.297. The van der Waals surface area contributed by atoms with Crippen LogP contribution in [0, 0.1) is 0 Å². The molecule has 2 unspecified atom stereocenters. The summed E-state index contributed by atoms with van der Waals surface area (Å²) in [6.07, 6.45) is 7.32. The molecule has 108 valence electrons. The van der Waals surface area contributed by atoms with Gasteiger partial charge in [-0.05, 0) is 52.1 Å². The molecular formula is C15H27N3O. The zero-order chi connectivity index (χ0) is 13.3. The van der Waals surface area contributed by atoms with Crippen molar-refractivity contribution in [2.45, 2.75) is 57.0 Å². The van der Waals surface area contributed by atoms with E-state index in [0.29, 0.717) is 11.9 Å². The number of amides is 1. The van der Waals surface area contributed by atoms with Gasteiger partial charge in [-0.1, -0.05) is 6.42 Å². The smallest absolute Gasteiger partial charge is 0.242 e. The zero-order valence-electron chi connectivity index (χ0n) is 12.2. The van der Waals surface area contributed by atoms with E-state index in [1.807, 2.05) is 0 Å². The third-order valence-electron chi connectivity index (χ3n) is 5.22. The average Bonchev–Trinajstić information content (AvgIpc) is 2.47. The largest absolute Gasteiger partial charge is 0.338 e. The maximum absolute atomic E-state index is 12.8. The van der Waals surface area contributed by atoms with Crippen molar-refractivity contribution in [2.75, 3.05) is 32.7 Å². The van der Waals surface area contributed by atoms with Crippen LogP contribution in [0.3, 0.4) is 0 Å². The summed E-state index contributed by atoms with van der Waals surface area (Å²) in [5, 5.41) is 3.46. The lowest BCUT2D eigenvalue weighted by Crippen LogP contribution is -2.63. The van der Waals surface area contributed by atoms with Crippen molar-refractivity contribution in [1.82, 2.24) is 15.1 Å². The lowest BCUT2D eigenvalue weighted by atomic mass is 9.88. The summed E-state index contributed by atoms with van der Waals surface area (Å²) in [5.41, 5.74) is -0.297. The molecule has 0 aromatic heterocycles. The van der Waals surface area contributed by atoms with E-state index in [2.05, 4.69) is 22.0 Å². The summed E-state index contributed by atoms with van der Waals surface area (Å²) in [4.78, 5) is 17.5. The Hall–Kier alpha value is -0.610. The van der Waals surface area contributed by atoms with Crippen LogP contribution in [-0.4, -0.2) is 60.0 Å². The first-order valence-corrected chi connectivity index (χ1v) is 7.97. The molecule has 3 heterocycles. The average molecular weight is 265 g/mol. The Bertz CT molecular complexity index is 338. The van der Waals surface area contributed by atoms with Crippen molar-refractivity contribution in [3.05, 3.63) is 0 Å². The summed E-state index contributed by atoms with van der Waals surface area (Å²) in [6, 6.07) is 0.624. The molecule has 3 aliphatic rings. The highest BCUT2D eigenvalue weighted by Crippen LogP contribution is 2.25. The Kier molecular flexibility index (Phi) is 3.81. The number of fused-ring (bicyclic) bond motifs is 1. The third kappa shape index (κ3) is 2.65. The molecule has 0 spiro atoms. The van der Waals surface area contributed by atoms with Gasteiger partial charge in [-0.15, -0.1) is 0 Å². The van der Waals surface area contributed by atoms with Crippen molar-refractivity contribution in [3.63, 3.8) is 0 Å². The van der Waals surface area contributed by atoms with Gasteiger partial charge in [-0.25, -0.2) is 0 Å². The molecule has 0 aromatic carbocycles. The topological polar surface area (TPSA) is 35.6 Å². The maximum Gasteiger partial charge on any atom is 0.242 e. The molecule has 3 aliphatic heterocycles. The SMILES string of the molecule is CC1(C(=O)N2CCN3CCCCC3C2)CCCCN1. The van der Waals surface area contributed by atoms with E-state index >= 15 is 0 Å². The van der Waals surface area contributed by atoms with Gasteiger partial charge < -0.3 is 10.2 Å². The molecule has 3 rings (SSSR count). The first kappa shape index (κ1) is 13.4. The van der Waals surface area contributed by atoms with Crippen LogP contribution in [0.1, 0.15) is 45.4 Å². The highest BCUT2D eigenvalue weighted by Gasteiger charge is 2.40. The van der Waals surface area contributed by atoms with Crippen molar-refractivity contribution < 1.29 is 4.79 Å². The molecular weight excluding hydrogens is 238 g/mol. The van der Waals surface area contributed by atoms with Gasteiger partial charge in [0.1, 0.15) is 0 Å². The third-order valence-corrected chi connectivity index (χ3v) is 5.22. The van der Waals surface area contributed by atoms with E-state index in [-0.39, 0.29) is 5.54 Å². The van der Waals surface area contributed by atoms with Gasteiger partial charge in [0.15, 0.2) is 0 Å². The predicted molar refractivity (Wildman–Crippen MR) is 76.1 cm³/mol. The molecule has 3 saturated heterocycles. The van der Waals surface area contributed by atoms with Gasteiger partial charge in [0.25, 0.3) is 0 Å². The lowest BCUT2D eigenvalue weighted by molar-refractivity contribution is -0.142. The molecule has 0 radical (unpaired) electrons. The molecule has 4 heteroatoms. The second kappa shape index (κ2) is 5.41. The van der Waals surface area contributed by atoms with Gasteiger partial charge in [0.2, 0.25) is 5.91 Å². The van der Waals surface area contributed by atoms with Gasteiger partial charge in [0, 0.05) is 25.7 Å². The van der Waals surface area contributed by atoms with Crippen molar-refractivity contribution >= 4 is 5.91 Å². The number of rotatable bonds is 1. The number of hydrogen-bond acceptors (Lipinski definition) is 3. The molecule has 0 bridgehead atoms. The summed E-state index contributed by atoms with van der Waals surface area (Å²) in [5.74, 6) is 0.345. The minimum Gasteiger partial charge on any atom is -0.338 e. The molecule has 0 aromatic rings. The molecule has 2 atom stereocenters. The quantitative estimate of drug-likeness (QED) is 0.774. The highest BCUT2D eigenvalue weighted by molar-refractivity contribution is 5.86. The number of piperidine rings is 2. The standard InChI is InChI=1S/C15H27N3O/c1-15(7-3-4-8-16-15)14(19)18-11-10-17-9-5-2-6-13(17)12-18/h13,16H,2-12H2,1H3. The van der Waals surface area contributed by atoms with Gasteiger partial charge in [-0.2, -0.15) is 0 Å². The van der Waals surface area contributed by atoms with Gasteiger partial charge >= 0.3 is 0 Å². The Balaban J connectivity index is 1.64. The van der Waals surface area contributed by atoms with Crippen LogP contribution in [0.5, 0.6) is 0 Å². The van der Waals surface area contributed by atoms with E-state index in [0.717, 1.165) is 32.6 Å². The van der Waals surface area contributed by atoms with Crippen LogP contribution in [-0.2, 0) is 4.79 Å². The van der Waals surface area contributed by atoms with E-state index in [4.69, 9.17) is 0 Å². The number of carbonyl (C=O) groups is 1. The van der Waals surface area contributed by atoms with E-state index < -0.39 is 0 Å². The van der Waals surface area contributed by atoms with Crippen LogP contribution < -0.4 is 5.32 Å². The summed E-state index contributed by atoms with van der Waals surface area (Å²) >= 11 is 0. The fraction of sp³-hybridized carbons (Fsp3) is 0.933. The van der Waals surface area contributed by atoms with Crippen LogP contribution in [0.2, 0.25) is 0 Å². The van der Waals surface area contributed by atoms with Gasteiger partial charge in [-0.3, -0.25) is 9.69 Å². The fourth-order valence-corrected chi connectivity index (χ4v) is 3.93. The lowest BCUT2D eigenvalue weighted by Gasteiger charge is -2.47. The summed E-state index contributed by atoms with van der Waals surface area (Å²) in [6.45, 7) is 7.28. The Morgan fingerprint density at radius 1 is 1.16 bits per heavy atom. The zero-order valence-corrected chi connectivity index (χ0v) is 12.2. The molecule has 1 N–H and O–H groups in total. The first-order chi connectivity index (χ1) is 9.19. The van der Waals surface area contributed by atoms with E-state index in [1.165, 1.54) is 38.6 Å². The summed E-state index contributed by atoms with van der Waals surface area (Å²) < 4.78 is 0. The van der Waals surface area contributed by atoms with Crippen molar-refractivity contribution in [1.29, 1.82) is 0 Å². The van der Waals surface area contributed by atoms with E-state index in [1.54, 1.807) is 0 Å². The Labute approximate surface area is 116 Å². The molecule has 3 fully saturated rings. The number of hydrogen-bond donors (Lipinski definition) is 1. The number of nitrogens with one attached hydrogen (secondary N) is 1. The maximum atomic E-state index is 12.8. The number of carbonyl (C=O) groups excluding carboxylic acids is 1. The van der Waals surface area contributed by atoms with Crippen molar-refractivity contribution in [3.8, 4) is 0 Å². The van der Waals surface area contributed by atoms with Crippen LogP contribution in [0.25, 0.3) is 0 Å². The molecule has 19 heavy (non-hydrogen) atoms. The predicted octanol–water partition coefficient (Wildman–Crippen LogP) is 1.22. The van der Waals surface area contributed by atoms with Crippen LogP contribution in [0.15, 0.2) is 0 Å². The molecule has 0 aliphatic carbocycles. The Morgan fingerprint density at radius 3 is 2.84 bits per heavy atom. The van der Waals surface area contributed by atoms with Crippen molar-refractivity contribution in [2.24, 2.45) is 0 Å². The van der Waals surface area contributed by atoms with Crippen LogP contribution in [0.4, 0.5) is 0 Å². The molecule has 4 nitrogen and oxygen atoms in total. The van der Waals surface area contributed by atoms with Gasteiger partial charge in [0.05, 0.1) is 5.54 Å². The fourth-order valence-electron chi connectivity index (χ4n) is 3.93. The molecule has 1 amide bonds. The Morgan fingerprint density at radius 2 is 2.05 bits per heavy atom. The second-order valence-electron chi connectivity index (χ2n) is 6.65. The minimum absolute atomic E-state index is 0.297. The molecule has 0 saturated carbocycles. The van der Waals surface area contributed by atoms with Crippen LogP contribution >= 0.6 is 0 Å². The van der Waals surface area contributed by atoms with E-state index in [9.17, 15) is 4.79 Å². The highest BCUT2D eigenvalue weighted by atomic mass is 16.2. The first-order valence-electron chi connectivity index (χ1n) is 7.97. The number of nitrogens with zero attached hydrogens (tertiary/aromatic N) is 2. The summed E-state index contributed by atoms with van der Waals surface area (Å²) in [7, 11) is 0. The number of piperazine rings is 1.